The number of aryl methyl sites for hydroxylation is 1. The van der Waals surface area contributed by atoms with Crippen molar-refractivity contribution in [1.29, 1.82) is 5.26 Å². The third-order valence-corrected chi connectivity index (χ3v) is 9.56. The second kappa shape index (κ2) is 11.6. The molecule has 226 valence electrons. The van der Waals surface area contributed by atoms with E-state index >= 15 is 0 Å². The Morgan fingerprint density at radius 2 is 1.98 bits per heavy atom. The molecule has 1 aromatic carbocycles. The highest BCUT2D eigenvalue weighted by atomic mass is 32.2. The molecule has 0 unspecified atom stereocenters. The fourth-order valence-corrected chi connectivity index (χ4v) is 6.98. The number of aromatic nitrogens is 3. The fraction of sp³-hybridized carbons (Fsp3) is 0.423. The van der Waals surface area contributed by atoms with Gasteiger partial charge in [-0.25, -0.2) is 9.37 Å². The Morgan fingerprint density at radius 3 is 2.63 bits per heavy atom. The summed E-state index contributed by atoms with van der Waals surface area (Å²) >= 11 is 2.53. The highest BCUT2D eigenvalue weighted by Gasteiger charge is 2.38. The van der Waals surface area contributed by atoms with Crippen LogP contribution in [0.25, 0.3) is 10.7 Å². The Bertz CT molecular complexity index is 1630. The molecule has 2 fully saturated rings. The first kappa shape index (κ1) is 29.1. The number of piperazine rings is 1. The molecule has 2 aromatic heterocycles. The van der Waals surface area contributed by atoms with Crippen LogP contribution in [0.4, 0.5) is 15.3 Å². The summed E-state index contributed by atoms with van der Waals surface area (Å²) in [6, 6.07) is 7.19. The number of halogens is 1. The number of carboxylic acid groups (broad SMARTS) is 1. The van der Waals surface area contributed by atoms with Crippen LogP contribution in [0, 0.1) is 17.1 Å². The maximum absolute atomic E-state index is 13.5. The lowest BCUT2D eigenvalue weighted by atomic mass is 10.1. The van der Waals surface area contributed by atoms with Crippen LogP contribution in [0.3, 0.4) is 0 Å². The van der Waals surface area contributed by atoms with Crippen molar-refractivity contribution in [3.63, 3.8) is 0 Å². The van der Waals surface area contributed by atoms with Gasteiger partial charge >= 0.3 is 5.97 Å². The molecule has 1 atom stereocenters. The largest absolute Gasteiger partial charge is 0.480 e. The zero-order chi connectivity index (χ0) is 30.4. The number of fused-ring (bicyclic) bond motifs is 1. The number of amides is 1. The first-order valence-electron chi connectivity index (χ1n) is 13.6. The number of carbonyl (C=O) groups excluding carboxylic acids is 1. The van der Waals surface area contributed by atoms with E-state index in [1.807, 2.05) is 18.9 Å². The predicted molar refractivity (Wildman–Crippen MR) is 158 cm³/mol. The van der Waals surface area contributed by atoms with Gasteiger partial charge in [0.15, 0.2) is 5.82 Å². The van der Waals surface area contributed by atoms with E-state index in [1.54, 1.807) is 31.1 Å². The van der Waals surface area contributed by atoms with Crippen molar-refractivity contribution < 1.29 is 24.2 Å². The van der Waals surface area contributed by atoms with E-state index in [-0.39, 0.29) is 37.9 Å². The number of hydrogen-bond donors (Lipinski definition) is 3. The van der Waals surface area contributed by atoms with E-state index < -0.39 is 18.1 Å². The normalized spacial score (nSPS) is 19.9. The van der Waals surface area contributed by atoms with Crippen LogP contribution in [-0.4, -0.2) is 109 Å². The number of carboxylic acids is 1. The van der Waals surface area contributed by atoms with Crippen molar-refractivity contribution in [2.75, 3.05) is 56.2 Å². The van der Waals surface area contributed by atoms with E-state index in [0.717, 1.165) is 5.69 Å². The summed E-state index contributed by atoms with van der Waals surface area (Å²) in [7, 11) is 1.82. The molecule has 3 aliphatic heterocycles. The lowest BCUT2D eigenvalue weighted by molar-refractivity contribution is -0.148. The van der Waals surface area contributed by atoms with Gasteiger partial charge in [-0.1, -0.05) is 22.8 Å². The van der Waals surface area contributed by atoms with Crippen LogP contribution in [-0.2, 0) is 16.0 Å². The lowest BCUT2D eigenvalue weighted by Gasteiger charge is -2.41. The smallest absolute Gasteiger partial charge is 0.322 e. The molecule has 3 aliphatic rings. The number of aliphatic carboxylic acids is 1. The number of anilines is 2. The minimum Gasteiger partial charge on any atom is -0.480 e. The van der Waals surface area contributed by atoms with Crippen molar-refractivity contribution in [2.24, 2.45) is 0 Å². The summed E-state index contributed by atoms with van der Waals surface area (Å²) in [4.78, 5) is 35.7. The zero-order valence-electron chi connectivity index (χ0n) is 23.3. The molecule has 17 heteroatoms. The second-order valence-corrected chi connectivity index (χ2v) is 12.2. The molecule has 1 amide bonds. The number of nitrogens with zero attached hydrogens (tertiary/aromatic N) is 9. The van der Waals surface area contributed by atoms with Gasteiger partial charge in [0, 0.05) is 57.3 Å². The first-order valence-corrected chi connectivity index (χ1v) is 15.2. The van der Waals surface area contributed by atoms with Crippen molar-refractivity contribution in [2.45, 2.75) is 25.5 Å². The van der Waals surface area contributed by atoms with Gasteiger partial charge in [0.2, 0.25) is 16.0 Å². The molecule has 0 saturated carbocycles. The molecule has 0 spiro atoms. The molecular formula is C26H29FN10O4S2. The number of imidazole rings is 1. The Labute approximate surface area is 254 Å². The number of aliphatic hydroxyl groups is 1. The van der Waals surface area contributed by atoms with Crippen LogP contribution in [0.15, 0.2) is 29.2 Å². The fourth-order valence-electron chi connectivity index (χ4n) is 5.22. The number of likely N-dealkylation sites (tertiary alicyclic amines) is 1. The molecule has 14 nitrogen and oxygen atoms in total. The highest BCUT2D eigenvalue weighted by molar-refractivity contribution is 8.01. The number of β-amino-alcohol motifs (C(OH)–C–C–N with tert-alkyl or cyclic N) is 1. The molecule has 0 radical (unpaired) electrons. The molecular weight excluding hydrogens is 599 g/mol. The lowest BCUT2D eigenvalue weighted by Crippen LogP contribution is -2.61. The SMILES string of the molecule is CCc1nc2sc(N3CCN(CC(=O)N4CC(O)C4)[C@H](C(=O)O)C3)nn2c1N(C)N1NC(c2ccc(F)cc2)=C(C#N)S1. The molecule has 43 heavy (non-hydrogen) atoms. The monoisotopic (exact) mass is 628 g/mol. The van der Waals surface area contributed by atoms with Crippen LogP contribution in [0.1, 0.15) is 18.2 Å². The van der Waals surface area contributed by atoms with Gasteiger partial charge in [0.25, 0.3) is 0 Å². The van der Waals surface area contributed by atoms with Crippen molar-refractivity contribution >= 4 is 56.8 Å². The second-order valence-electron chi connectivity index (χ2n) is 10.4. The van der Waals surface area contributed by atoms with E-state index in [2.05, 4.69) is 11.5 Å². The number of benzene rings is 1. The van der Waals surface area contributed by atoms with Crippen molar-refractivity contribution in [3.05, 3.63) is 46.2 Å². The maximum Gasteiger partial charge on any atom is 0.322 e. The van der Waals surface area contributed by atoms with Gasteiger partial charge in [-0.3, -0.25) is 24.9 Å². The highest BCUT2D eigenvalue weighted by Crippen LogP contribution is 2.38. The van der Waals surface area contributed by atoms with Gasteiger partial charge in [-0.15, -0.1) is 5.10 Å². The summed E-state index contributed by atoms with van der Waals surface area (Å²) < 4.78 is 16.9. The molecule has 3 N–H and O–H groups in total. The summed E-state index contributed by atoms with van der Waals surface area (Å²) in [5, 5.41) is 36.5. The molecule has 5 heterocycles. The Hall–Kier alpha value is -3.95. The minimum atomic E-state index is -1.02. The molecule has 3 aromatic rings. The van der Waals surface area contributed by atoms with Gasteiger partial charge in [0.1, 0.15) is 22.8 Å². The predicted octanol–water partition coefficient (Wildman–Crippen LogP) is 0.983. The summed E-state index contributed by atoms with van der Waals surface area (Å²) in [5.74, 6) is -0.907. The molecule has 2 saturated heterocycles. The van der Waals surface area contributed by atoms with Crippen LogP contribution in [0.5, 0.6) is 0 Å². The van der Waals surface area contributed by atoms with Gasteiger partial charge in [-0.05, 0) is 30.7 Å². The van der Waals surface area contributed by atoms with Crippen LogP contribution >= 0.6 is 23.3 Å². The molecule has 0 aliphatic carbocycles. The Balaban J connectivity index is 1.21. The van der Waals surface area contributed by atoms with E-state index in [1.165, 1.54) is 40.3 Å². The summed E-state index contributed by atoms with van der Waals surface area (Å²) in [6.45, 7) is 3.49. The Kier molecular flexibility index (Phi) is 7.87. The number of carbonyl (C=O) groups is 2. The quantitative estimate of drug-likeness (QED) is 0.304. The number of allylic oxidation sites excluding steroid dienone is 1. The van der Waals surface area contributed by atoms with Gasteiger partial charge in [-0.2, -0.15) is 9.78 Å². The zero-order valence-corrected chi connectivity index (χ0v) is 25.0. The van der Waals surface area contributed by atoms with Gasteiger partial charge in [0.05, 0.1) is 24.0 Å². The van der Waals surface area contributed by atoms with Crippen LogP contribution < -0.4 is 15.3 Å². The summed E-state index contributed by atoms with van der Waals surface area (Å²) in [5.41, 5.74) is 5.23. The minimum absolute atomic E-state index is 0.0212. The third-order valence-electron chi connectivity index (χ3n) is 7.60. The maximum atomic E-state index is 13.5. The van der Waals surface area contributed by atoms with E-state index in [4.69, 9.17) is 10.1 Å². The number of nitrogens with one attached hydrogen (secondary N) is 1. The van der Waals surface area contributed by atoms with Crippen LogP contribution in [0.2, 0.25) is 0 Å². The number of hydrogen-bond acceptors (Lipinski definition) is 13. The summed E-state index contributed by atoms with van der Waals surface area (Å²) in [6.07, 6.45) is 0.104. The van der Waals surface area contributed by atoms with E-state index in [0.29, 0.717) is 51.6 Å². The molecule has 6 rings (SSSR count). The Morgan fingerprint density at radius 1 is 1.23 bits per heavy atom. The number of hydrazine groups is 2. The number of rotatable bonds is 8. The number of aliphatic hydroxyl groups excluding tert-OH is 1. The standard InChI is InChI=1S/C26H29FN10O4S2/c1-3-18-23(32(2)37-30-22(20(10-28)43-37)15-4-6-16(27)7-5-15)36-25(29-18)42-26(31-36)34-9-8-33(19(13-34)24(40)41)14-21(39)35-11-17(38)12-35/h4-7,17,19,30,38H,3,8-9,11-14H2,1-2H3,(H,40,41)/t19-/m0/s1. The topological polar surface area (TPSA) is 157 Å². The molecule has 0 bridgehead atoms. The van der Waals surface area contributed by atoms with Crippen molar-refractivity contribution in [3.8, 4) is 6.07 Å². The van der Waals surface area contributed by atoms with Crippen molar-refractivity contribution in [1.82, 2.24) is 34.3 Å². The van der Waals surface area contributed by atoms with Gasteiger partial charge < -0.3 is 20.0 Å². The van der Waals surface area contributed by atoms with E-state index in [9.17, 15) is 29.5 Å². The average Bonchev–Trinajstić information content (AvgIpc) is 3.68. The average molecular weight is 629 g/mol. The number of nitriles is 1. The third kappa shape index (κ3) is 5.47. The first-order chi connectivity index (χ1) is 20.7.